The lowest BCUT2D eigenvalue weighted by atomic mass is 10.1. The molecule has 1 aliphatic rings. The van der Waals surface area contributed by atoms with Crippen LogP contribution in [0.25, 0.3) is 0 Å². The Labute approximate surface area is 145 Å². The van der Waals surface area contributed by atoms with Gasteiger partial charge in [-0.1, -0.05) is 18.2 Å². The number of aliphatic hydroxyl groups is 1. The maximum absolute atomic E-state index is 12.8. The molecule has 2 aromatic rings. The SMILES string of the molecule is OCCNC1CCc2ccccc2N(c2ccc(C(F)(F)F)cc2)C1. The van der Waals surface area contributed by atoms with Crippen molar-refractivity contribution in [3.05, 3.63) is 59.7 Å². The maximum atomic E-state index is 12.8. The van der Waals surface area contributed by atoms with Gasteiger partial charge >= 0.3 is 6.18 Å². The van der Waals surface area contributed by atoms with Gasteiger partial charge in [0.1, 0.15) is 0 Å². The predicted octanol–water partition coefficient (Wildman–Crippen LogP) is 3.74. The minimum atomic E-state index is -4.33. The second kappa shape index (κ2) is 7.45. The highest BCUT2D eigenvalue weighted by Crippen LogP contribution is 2.35. The number of aliphatic hydroxyl groups excluding tert-OH is 1. The summed E-state index contributed by atoms with van der Waals surface area (Å²) >= 11 is 0. The van der Waals surface area contributed by atoms with E-state index in [1.807, 2.05) is 18.2 Å². The number of hydrogen-bond acceptors (Lipinski definition) is 3. The number of nitrogens with zero attached hydrogens (tertiary/aromatic N) is 1. The van der Waals surface area contributed by atoms with Crippen LogP contribution in [0.3, 0.4) is 0 Å². The first-order chi connectivity index (χ1) is 12.0. The largest absolute Gasteiger partial charge is 0.416 e. The summed E-state index contributed by atoms with van der Waals surface area (Å²) in [7, 11) is 0. The smallest absolute Gasteiger partial charge is 0.395 e. The number of alkyl halides is 3. The molecule has 0 aliphatic carbocycles. The fourth-order valence-corrected chi connectivity index (χ4v) is 3.24. The van der Waals surface area contributed by atoms with Crippen LogP contribution in [0.5, 0.6) is 0 Å². The molecule has 1 unspecified atom stereocenters. The molecule has 0 aromatic heterocycles. The summed E-state index contributed by atoms with van der Waals surface area (Å²) in [6.07, 6.45) is -2.54. The van der Waals surface area contributed by atoms with E-state index in [1.165, 1.54) is 17.7 Å². The lowest BCUT2D eigenvalue weighted by molar-refractivity contribution is -0.137. The molecule has 0 fully saturated rings. The zero-order chi connectivity index (χ0) is 17.9. The van der Waals surface area contributed by atoms with Gasteiger partial charge in [-0.2, -0.15) is 13.2 Å². The first kappa shape index (κ1) is 17.8. The molecule has 1 aliphatic heterocycles. The number of hydrogen-bond donors (Lipinski definition) is 2. The van der Waals surface area contributed by atoms with Crippen LogP contribution in [0.4, 0.5) is 24.5 Å². The van der Waals surface area contributed by atoms with E-state index in [4.69, 9.17) is 5.11 Å². The van der Waals surface area contributed by atoms with E-state index in [0.717, 1.165) is 36.3 Å². The van der Waals surface area contributed by atoms with Crippen LogP contribution in [-0.2, 0) is 12.6 Å². The van der Waals surface area contributed by atoms with Crippen molar-refractivity contribution < 1.29 is 18.3 Å². The van der Waals surface area contributed by atoms with E-state index in [1.54, 1.807) is 0 Å². The quantitative estimate of drug-likeness (QED) is 0.882. The molecule has 134 valence electrons. The van der Waals surface area contributed by atoms with Gasteiger partial charge in [0, 0.05) is 30.5 Å². The number of nitrogens with one attached hydrogen (secondary N) is 1. The Morgan fingerprint density at radius 1 is 1.08 bits per heavy atom. The molecule has 0 saturated heterocycles. The lowest BCUT2D eigenvalue weighted by Crippen LogP contribution is -2.39. The van der Waals surface area contributed by atoms with Crippen molar-refractivity contribution in [2.45, 2.75) is 25.1 Å². The van der Waals surface area contributed by atoms with Gasteiger partial charge in [0.05, 0.1) is 12.2 Å². The summed E-state index contributed by atoms with van der Waals surface area (Å²) < 4.78 is 38.5. The number of aryl methyl sites for hydroxylation is 1. The molecule has 3 nitrogen and oxygen atoms in total. The molecule has 0 bridgehead atoms. The van der Waals surface area contributed by atoms with Crippen molar-refractivity contribution in [2.75, 3.05) is 24.6 Å². The van der Waals surface area contributed by atoms with Gasteiger partial charge in [0.25, 0.3) is 0 Å². The van der Waals surface area contributed by atoms with Crippen LogP contribution in [0.1, 0.15) is 17.5 Å². The highest BCUT2D eigenvalue weighted by Gasteiger charge is 2.30. The van der Waals surface area contributed by atoms with Crippen molar-refractivity contribution in [2.24, 2.45) is 0 Å². The zero-order valence-corrected chi connectivity index (χ0v) is 13.8. The first-order valence-corrected chi connectivity index (χ1v) is 8.36. The van der Waals surface area contributed by atoms with Crippen molar-refractivity contribution >= 4 is 11.4 Å². The molecule has 1 atom stereocenters. The third kappa shape index (κ3) is 4.14. The third-order valence-corrected chi connectivity index (χ3v) is 4.50. The van der Waals surface area contributed by atoms with E-state index < -0.39 is 11.7 Å². The Hall–Kier alpha value is -2.05. The Bertz CT molecular complexity index is 701. The summed E-state index contributed by atoms with van der Waals surface area (Å²) in [4.78, 5) is 2.05. The summed E-state index contributed by atoms with van der Waals surface area (Å²) in [6, 6.07) is 13.4. The van der Waals surface area contributed by atoms with Crippen LogP contribution in [0, 0.1) is 0 Å². The normalized spacial score (nSPS) is 17.9. The number of fused-ring (bicyclic) bond motifs is 1. The topological polar surface area (TPSA) is 35.5 Å². The van der Waals surface area contributed by atoms with Gasteiger partial charge in [-0.25, -0.2) is 0 Å². The van der Waals surface area contributed by atoms with Crippen LogP contribution in [0.15, 0.2) is 48.5 Å². The second-order valence-corrected chi connectivity index (χ2v) is 6.20. The van der Waals surface area contributed by atoms with Gasteiger partial charge in [-0.3, -0.25) is 0 Å². The van der Waals surface area contributed by atoms with E-state index in [0.29, 0.717) is 13.1 Å². The molecule has 0 saturated carbocycles. The highest BCUT2D eigenvalue weighted by molar-refractivity contribution is 5.67. The van der Waals surface area contributed by atoms with Gasteiger partial charge < -0.3 is 15.3 Å². The van der Waals surface area contributed by atoms with Crippen LogP contribution >= 0.6 is 0 Å². The van der Waals surface area contributed by atoms with Gasteiger partial charge in [-0.05, 0) is 48.7 Å². The monoisotopic (exact) mass is 350 g/mol. The molecule has 2 aromatic carbocycles. The van der Waals surface area contributed by atoms with Crippen molar-refractivity contribution in [3.63, 3.8) is 0 Å². The summed E-state index contributed by atoms with van der Waals surface area (Å²) in [5.41, 5.74) is 2.29. The van der Waals surface area contributed by atoms with E-state index in [9.17, 15) is 13.2 Å². The molecule has 3 rings (SSSR count). The molecule has 2 N–H and O–H groups in total. The molecule has 6 heteroatoms. The van der Waals surface area contributed by atoms with E-state index >= 15 is 0 Å². The Morgan fingerprint density at radius 3 is 2.48 bits per heavy atom. The number of para-hydroxylation sites is 1. The molecule has 0 radical (unpaired) electrons. The van der Waals surface area contributed by atoms with E-state index in [2.05, 4.69) is 16.3 Å². The van der Waals surface area contributed by atoms with Crippen molar-refractivity contribution in [1.29, 1.82) is 0 Å². The number of halogens is 3. The van der Waals surface area contributed by atoms with Gasteiger partial charge in [-0.15, -0.1) is 0 Å². The molecular weight excluding hydrogens is 329 g/mol. The number of anilines is 2. The number of rotatable bonds is 4. The maximum Gasteiger partial charge on any atom is 0.416 e. The predicted molar refractivity (Wildman–Crippen MR) is 92.1 cm³/mol. The van der Waals surface area contributed by atoms with Crippen LogP contribution in [0.2, 0.25) is 0 Å². The fraction of sp³-hybridized carbons (Fsp3) is 0.368. The molecule has 1 heterocycles. The molecular formula is C19H21F3N2O. The van der Waals surface area contributed by atoms with E-state index in [-0.39, 0.29) is 12.6 Å². The minimum Gasteiger partial charge on any atom is -0.395 e. The van der Waals surface area contributed by atoms with Crippen molar-refractivity contribution in [1.82, 2.24) is 5.32 Å². The molecule has 0 amide bonds. The second-order valence-electron chi connectivity index (χ2n) is 6.20. The highest BCUT2D eigenvalue weighted by atomic mass is 19.4. The lowest BCUT2D eigenvalue weighted by Gasteiger charge is -2.28. The Morgan fingerprint density at radius 2 is 1.80 bits per heavy atom. The zero-order valence-electron chi connectivity index (χ0n) is 13.8. The summed E-state index contributed by atoms with van der Waals surface area (Å²) in [5, 5.41) is 12.4. The fourth-order valence-electron chi connectivity index (χ4n) is 3.24. The van der Waals surface area contributed by atoms with Crippen LogP contribution < -0.4 is 10.2 Å². The van der Waals surface area contributed by atoms with Crippen LogP contribution in [-0.4, -0.2) is 30.8 Å². The number of benzene rings is 2. The third-order valence-electron chi connectivity index (χ3n) is 4.50. The Kier molecular flexibility index (Phi) is 5.30. The summed E-state index contributed by atoms with van der Waals surface area (Å²) in [5.74, 6) is 0. The first-order valence-electron chi connectivity index (χ1n) is 8.36. The standard InChI is InChI=1S/C19H21F3N2O/c20-19(21,22)15-6-9-17(10-7-15)24-13-16(23-11-12-25)8-5-14-3-1-2-4-18(14)24/h1-4,6-7,9-10,16,23,25H,5,8,11-13H2. The Balaban J connectivity index is 1.92. The summed E-state index contributed by atoms with van der Waals surface area (Å²) in [6.45, 7) is 1.20. The average molecular weight is 350 g/mol. The molecule has 0 spiro atoms. The van der Waals surface area contributed by atoms with Gasteiger partial charge in [0.2, 0.25) is 0 Å². The molecule has 25 heavy (non-hydrogen) atoms. The average Bonchev–Trinajstić information content (AvgIpc) is 2.79. The minimum absolute atomic E-state index is 0.0593. The van der Waals surface area contributed by atoms with Gasteiger partial charge in [0.15, 0.2) is 0 Å². The van der Waals surface area contributed by atoms with Crippen molar-refractivity contribution in [3.8, 4) is 0 Å².